The monoisotopic (exact) mass is 553 g/mol. The minimum Gasteiger partial charge on any atom is -0.310 e. The Hall–Kier alpha value is -5.59. The average molecular weight is 554 g/mol. The fraction of sp³-hybridized carbons (Fsp3) is 0.0750. The van der Waals surface area contributed by atoms with Crippen LogP contribution >= 0.6 is 0 Å². The summed E-state index contributed by atoms with van der Waals surface area (Å²) in [5.41, 5.74) is 12.2. The number of nitriles is 1. The second-order valence-electron chi connectivity index (χ2n) is 11.4. The van der Waals surface area contributed by atoms with Gasteiger partial charge >= 0.3 is 0 Å². The van der Waals surface area contributed by atoms with Gasteiger partial charge in [0.15, 0.2) is 0 Å². The number of hydrogen-bond acceptors (Lipinski definition) is 3. The summed E-state index contributed by atoms with van der Waals surface area (Å²) >= 11 is 0. The number of benzene rings is 6. The van der Waals surface area contributed by atoms with E-state index in [9.17, 15) is 5.26 Å². The van der Waals surface area contributed by atoms with E-state index in [0.29, 0.717) is 5.56 Å². The normalized spacial score (nSPS) is 12.6. The number of nitrogens with zero attached hydrogens (tertiary/aromatic N) is 3. The molecule has 0 aromatic heterocycles. The van der Waals surface area contributed by atoms with Gasteiger partial charge in [0.1, 0.15) is 0 Å². The molecule has 3 heteroatoms. The van der Waals surface area contributed by atoms with Gasteiger partial charge in [-0.15, -0.1) is 0 Å². The van der Waals surface area contributed by atoms with Crippen LogP contribution in [0.3, 0.4) is 0 Å². The molecule has 0 atom stereocenters. The van der Waals surface area contributed by atoms with E-state index in [1.807, 2.05) is 30.3 Å². The third kappa shape index (κ3) is 4.64. The molecule has 1 aliphatic carbocycles. The Kier molecular flexibility index (Phi) is 6.53. The van der Waals surface area contributed by atoms with Gasteiger partial charge < -0.3 is 9.80 Å². The molecular formula is C40H31N3. The zero-order valence-electron chi connectivity index (χ0n) is 24.3. The van der Waals surface area contributed by atoms with Crippen LogP contribution in [-0.2, 0) is 5.41 Å². The molecule has 0 radical (unpaired) electrons. The van der Waals surface area contributed by atoms with Gasteiger partial charge in [-0.25, -0.2) is 0 Å². The van der Waals surface area contributed by atoms with Gasteiger partial charge in [-0.2, -0.15) is 5.26 Å². The summed E-state index contributed by atoms with van der Waals surface area (Å²) < 4.78 is 0. The highest BCUT2D eigenvalue weighted by molar-refractivity contribution is 5.88. The van der Waals surface area contributed by atoms with Crippen LogP contribution in [0.2, 0.25) is 0 Å². The lowest BCUT2D eigenvalue weighted by Gasteiger charge is -2.29. The second-order valence-corrected chi connectivity index (χ2v) is 11.4. The van der Waals surface area contributed by atoms with Crippen molar-refractivity contribution >= 4 is 34.1 Å². The average Bonchev–Trinajstić information content (AvgIpc) is 3.28. The molecule has 7 rings (SSSR count). The van der Waals surface area contributed by atoms with Gasteiger partial charge in [0, 0.05) is 39.5 Å². The first kappa shape index (κ1) is 26.3. The van der Waals surface area contributed by atoms with Crippen molar-refractivity contribution in [3.63, 3.8) is 0 Å². The molecule has 43 heavy (non-hydrogen) atoms. The van der Waals surface area contributed by atoms with Crippen molar-refractivity contribution in [2.24, 2.45) is 0 Å². The number of rotatable bonds is 6. The van der Waals surface area contributed by atoms with Gasteiger partial charge in [0.25, 0.3) is 0 Å². The molecule has 0 unspecified atom stereocenters. The Balaban J connectivity index is 1.33. The lowest BCUT2D eigenvalue weighted by Crippen LogP contribution is -2.17. The molecule has 0 saturated heterocycles. The summed E-state index contributed by atoms with van der Waals surface area (Å²) in [6.07, 6.45) is 0. The summed E-state index contributed by atoms with van der Waals surface area (Å²) in [6, 6.07) is 55.3. The fourth-order valence-corrected chi connectivity index (χ4v) is 6.30. The molecule has 206 valence electrons. The van der Waals surface area contributed by atoms with Crippen molar-refractivity contribution in [3.05, 3.63) is 168 Å². The Morgan fingerprint density at radius 2 is 0.791 bits per heavy atom. The van der Waals surface area contributed by atoms with Crippen LogP contribution in [-0.4, -0.2) is 0 Å². The first-order valence-electron chi connectivity index (χ1n) is 14.6. The summed E-state index contributed by atoms with van der Waals surface area (Å²) in [4.78, 5) is 4.59. The van der Waals surface area contributed by atoms with Gasteiger partial charge in [0.05, 0.1) is 11.6 Å². The molecule has 0 bridgehead atoms. The first-order valence-corrected chi connectivity index (χ1v) is 14.6. The standard InChI is InChI=1S/C40H31N3/c1-40(2)38-26-34(42(30-12-6-3-7-13-30)31-14-8-4-9-15-31)22-24-36(38)37-25-23-35(27-39(37)40)43(32-16-10-5-11-17-32)33-20-18-29(28-41)19-21-33/h3-27H,1-2H3. The molecule has 0 N–H and O–H groups in total. The third-order valence-corrected chi connectivity index (χ3v) is 8.46. The maximum Gasteiger partial charge on any atom is 0.0991 e. The number of anilines is 6. The molecule has 0 spiro atoms. The van der Waals surface area contributed by atoms with Crippen LogP contribution in [0.1, 0.15) is 30.5 Å². The van der Waals surface area contributed by atoms with Gasteiger partial charge in [-0.05, 0) is 107 Å². The highest BCUT2D eigenvalue weighted by Gasteiger charge is 2.36. The van der Waals surface area contributed by atoms with Crippen LogP contribution in [0, 0.1) is 11.3 Å². The van der Waals surface area contributed by atoms with Gasteiger partial charge in [0.2, 0.25) is 0 Å². The molecule has 6 aromatic carbocycles. The Morgan fingerprint density at radius 3 is 1.16 bits per heavy atom. The van der Waals surface area contributed by atoms with E-state index in [1.165, 1.54) is 22.3 Å². The Labute approximate surface area is 253 Å². The van der Waals surface area contributed by atoms with E-state index in [-0.39, 0.29) is 5.41 Å². The zero-order chi connectivity index (χ0) is 29.4. The van der Waals surface area contributed by atoms with E-state index >= 15 is 0 Å². The summed E-state index contributed by atoms with van der Waals surface area (Å²) in [7, 11) is 0. The summed E-state index contributed by atoms with van der Waals surface area (Å²) in [6.45, 7) is 4.66. The van der Waals surface area contributed by atoms with Crippen molar-refractivity contribution in [1.82, 2.24) is 0 Å². The molecule has 0 amide bonds. The van der Waals surface area contributed by atoms with E-state index in [0.717, 1.165) is 34.1 Å². The molecule has 1 aliphatic rings. The van der Waals surface area contributed by atoms with Crippen LogP contribution < -0.4 is 9.80 Å². The van der Waals surface area contributed by atoms with Crippen molar-refractivity contribution < 1.29 is 0 Å². The maximum atomic E-state index is 9.37. The molecule has 0 fully saturated rings. The number of hydrogen-bond donors (Lipinski definition) is 0. The molecule has 0 saturated carbocycles. The van der Waals surface area contributed by atoms with Crippen molar-refractivity contribution in [3.8, 4) is 17.2 Å². The fourth-order valence-electron chi connectivity index (χ4n) is 6.30. The van der Waals surface area contributed by atoms with Crippen LogP contribution in [0.15, 0.2) is 152 Å². The van der Waals surface area contributed by atoms with E-state index in [1.54, 1.807) is 0 Å². The smallest absolute Gasteiger partial charge is 0.0991 e. The maximum absolute atomic E-state index is 9.37. The van der Waals surface area contributed by atoms with Gasteiger partial charge in [-0.3, -0.25) is 0 Å². The number of fused-ring (bicyclic) bond motifs is 3. The van der Waals surface area contributed by atoms with Crippen molar-refractivity contribution in [1.29, 1.82) is 5.26 Å². The first-order chi connectivity index (χ1) is 21.0. The van der Waals surface area contributed by atoms with Crippen molar-refractivity contribution in [2.75, 3.05) is 9.80 Å². The lowest BCUT2D eigenvalue weighted by atomic mass is 9.82. The predicted octanol–water partition coefficient (Wildman–Crippen LogP) is 10.8. The third-order valence-electron chi connectivity index (χ3n) is 8.46. The molecule has 0 heterocycles. The zero-order valence-corrected chi connectivity index (χ0v) is 24.3. The van der Waals surface area contributed by atoms with E-state index in [2.05, 4.69) is 151 Å². The Bertz CT molecular complexity index is 1900. The van der Waals surface area contributed by atoms with Crippen LogP contribution in [0.25, 0.3) is 11.1 Å². The largest absolute Gasteiger partial charge is 0.310 e. The van der Waals surface area contributed by atoms with Crippen molar-refractivity contribution in [2.45, 2.75) is 19.3 Å². The van der Waals surface area contributed by atoms with Crippen LogP contribution in [0.4, 0.5) is 34.1 Å². The lowest BCUT2D eigenvalue weighted by molar-refractivity contribution is 0.660. The number of para-hydroxylation sites is 3. The molecule has 0 aliphatic heterocycles. The highest BCUT2D eigenvalue weighted by atomic mass is 15.1. The SMILES string of the molecule is CC1(C)c2cc(N(c3ccccc3)c3ccccc3)ccc2-c2ccc(N(c3ccccc3)c3ccc(C#N)cc3)cc21. The quantitative estimate of drug-likeness (QED) is 0.205. The van der Waals surface area contributed by atoms with E-state index < -0.39 is 0 Å². The molecule has 6 aromatic rings. The Morgan fingerprint density at radius 1 is 0.442 bits per heavy atom. The minimum atomic E-state index is -0.206. The molecule has 3 nitrogen and oxygen atoms in total. The second kappa shape index (κ2) is 10.7. The van der Waals surface area contributed by atoms with E-state index in [4.69, 9.17) is 0 Å². The summed E-state index contributed by atoms with van der Waals surface area (Å²) in [5, 5.41) is 9.37. The summed E-state index contributed by atoms with van der Waals surface area (Å²) in [5.74, 6) is 0. The minimum absolute atomic E-state index is 0.206. The molecular weight excluding hydrogens is 522 g/mol. The van der Waals surface area contributed by atoms with Gasteiger partial charge in [-0.1, -0.05) is 80.6 Å². The predicted molar refractivity (Wildman–Crippen MR) is 178 cm³/mol. The highest BCUT2D eigenvalue weighted by Crippen LogP contribution is 2.52. The topological polar surface area (TPSA) is 30.3 Å². The van der Waals surface area contributed by atoms with Crippen LogP contribution in [0.5, 0.6) is 0 Å².